The van der Waals surface area contributed by atoms with Crippen molar-refractivity contribution in [3.8, 4) is 0 Å². The van der Waals surface area contributed by atoms with Crippen LogP contribution in [0.5, 0.6) is 0 Å². The zero-order chi connectivity index (χ0) is 3.54. The second kappa shape index (κ2) is 1.06. The first-order valence-corrected chi connectivity index (χ1v) is 1.40. The molecule has 0 saturated carbocycles. The molecule has 1 rings (SSSR count). The Morgan fingerprint density at radius 3 is 3.00 bits per heavy atom. The van der Waals surface area contributed by atoms with Crippen molar-refractivity contribution in [2.24, 2.45) is 5.10 Å². The van der Waals surface area contributed by atoms with Crippen molar-refractivity contribution in [3.63, 3.8) is 0 Å². The summed E-state index contributed by atoms with van der Waals surface area (Å²) in [6.45, 7) is 2.69. The third-order valence-electron chi connectivity index (χ3n) is 0.381. The predicted octanol–water partition coefficient (Wildman–Crippen LogP) is -0.119. The molecular formula is C3H3N2. The van der Waals surface area contributed by atoms with E-state index in [9.17, 15) is 0 Å². The molecule has 1 aliphatic rings. The molecular weight excluding hydrogens is 64.0 g/mol. The van der Waals surface area contributed by atoms with Gasteiger partial charge in [0.1, 0.15) is 6.54 Å². The van der Waals surface area contributed by atoms with Gasteiger partial charge in [-0.05, 0) is 0 Å². The van der Waals surface area contributed by atoms with E-state index in [0.29, 0.717) is 0 Å². The predicted molar refractivity (Wildman–Crippen MR) is 18.4 cm³/mol. The van der Waals surface area contributed by atoms with E-state index < -0.39 is 0 Å². The Balaban J connectivity index is 2.32. The van der Waals surface area contributed by atoms with Crippen LogP contribution in [0.15, 0.2) is 5.10 Å². The fraction of sp³-hybridized carbons (Fsp3) is 0.333. The van der Waals surface area contributed by atoms with Gasteiger partial charge < -0.3 is 0 Å². The molecule has 1 heterocycles. The zero-order valence-electron chi connectivity index (χ0n) is 2.65. The second-order valence-corrected chi connectivity index (χ2v) is 0.735. The lowest BCUT2D eigenvalue weighted by Crippen LogP contribution is -1.88. The second-order valence-electron chi connectivity index (χ2n) is 0.735. The van der Waals surface area contributed by atoms with Crippen molar-refractivity contribution in [3.05, 3.63) is 6.54 Å². The molecule has 5 heavy (non-hydrogen) atoms. The zero-order valence-corrected chi connectivity index (χ0v) is 2.65. The molecule has 0 saturated heterocycles. The molecule has 0 spiro atoms. The summed E-state index contributed by atoms with van der Waals surface area (Å²) >= 11 is 0. The number of nitrogens with zero attached hydrogens (tertiary/aromatic N) is 1. The van der Waals surface area contributed by atoms with Crippen LogP contribution in [-0.4, -0.2) is 6.21 Å². The maximum absolute atomic E-state index is 3.47. The summed E-state index contributed by atoms with van der Waals surface area (Å²) in [7, 11) is 0. The van der Waals surface area contributed by atoms with Gasteiger partial charge in [-0.2, -0.15) is 5.10 Å². The summed E-state index contributed by atoms with van der Waals surface area (Å²) in [5.74, 6) is 0. The first-order valence-electron chi connectivity index (χ1n) is 1.40. The molecule has 0 fully saturated rings. The van der Waals surface area contributed by atoms with Crippen LogP contribution in [0.25, 0.3) is 0 Å². The smallest absolute Gasteiger partial charge is 0.115 e. The molecule has 1 aliphatic heterocycles. The number of hydrogen-bond acceptors (Lipinski definition) is 2. The van der Waals surface area contributed by atoms with Gasteiger partial charge in [0.15, 0.2) is 0 Å². The van der Waals surface area contributed by atoms with Crippen molar-refractivity contribution in [1.29, 1.82) is 0 Å². The summed E-state index contributed by atoms with van der Waals surface area (Å²) in [6, 6.07) is 0. The largest absolute Gasteiger partial charge is 0.298 e. The summed E-state index contributed by atoms with van der Waals surface area (Å²) in [4.78, 5) is 0. The molecule has 0 atom stereocenters. The van der Waals surface area contributed by atoms with Crippen LogP contribution < -0.4 is 5.43 Å². The minimum atomic E-state index is 0.722. The third-order valence-corrected chi connectivity index (χ3v) is 0.381. The molecule has 0 bridgehead atoms. The quantitative estimate of drug-likeness (QED) is 0.419. The van der Waals surface area contributed by atoms with Crippen LogP contribution in [0, 0.1) is 6.54 Å². The monoisotopic (exact) mass is 67.0 g/mol. The number of hydrogen-bond donors (Lipinski definition) is 1. The van der Waals surface area contributed by atoms with Gasteiger partial charge in [-0.25, -0.2) is 0 Å². The Kier molecular flexibility index (Phi) is 0.571. The van der Waals surface area contributed by atoms with Gasteiger partial charge in [-0.1, -0.05) is 0 Å². The molecule has 3 radical (unpaired) electrons. The molecule has 0 aliphatic carbocycles. The van der Waals surface area contributed by atoms with Crippen LogP contribution >= 0.6 is 0 Å². The van der Waals surface area contributed by atoms with Gasteiger partial charge in [0, 0.05) is 6.42 Å². The fourth-order valence-electron chi connectivity index (χ4n) is 0.198. The van der Waals surface area contributed by atoms with E-state index in [2.05, 4.69) is 23.3 Å². The Labute approximate surface area is 30.9 Å². The van der Waals surface area contributed by atoms with E-state index in [-0.39, 0.29) is 0 Å². The normalized spacial score (nSPS) is 19.2. The highest BCUT2D eigenvalue weighted by Gasteiger charge is 1.87. The minimum absolute atomic E-state index is 0.722. The van der Waals surface area contributed by atoms with Gasteiger partial charge in [0.2, 0.25) is 0 Å². The Morgan fingerprint density at radius 1 is 1.80 bits per heavy atom. The summed E-state index contributed by atoms with van der Waals surface area (Å²) < 4.78 is 0. The third kappa shape index (κ3) is 0.375. The van der Waals surface area contributed by atoms with Gasteiger partial charge in [0.25, 0.3) is 0 Å². The molecule has 0 aromatic rings. The van der Waals surface area contributed by atoms with Crippen molar-refractivity contribution >= 4 is 6.21 Å². The van der Waals surface area contributed by atoms with Gasteiger partial charge in [-0.15, -0.1) is 0 Å². The molecule has 0 unspecified atom stereocenters. The van der Waals surface area contributed by atoms with E-state index in [1.54, 1.807) is 0 Å². The van der Waals surface area contributed by atoms with E-state index >= 15 is 0 Å². The lowest BCUT2D eigenvalue weighted by atomic mass is 10.5. The van der Waals surface area contributed by atoms with E-state index in [0.717, 1.165) is 6.42 Å². The number of hydrazone groups is 1. The standard InChI is InChI=1S/C3H3N2/c1-2-4-5-3-1/h4H,1H2. The summed E-state index contributed by atoms with van der Waals surface area (Å²) in [5.41, 5.74) is 2.49. The summed E-state index contributed by atoms with van der Waals surface area (Å²) in [5, 5.41) is 3.47. The maximum Gasteiger partial charge on any atom is 0.115 e. The highest BCUT2D eigenvalue weighted by atomic mass is 15.3. The first kappa shape index (κ1) is 2.69. The molecule has 0 aromatic heterocycles. The van der Waals surface area contributed by atoms with Crippen LogP contribution in [-0.2, 0) is 0 Å². The Hall–Kier alpha value is -0.530. The van der Waals surface area contributed by atoms with Crippen LogP contribution in [0.3, 0.4) is 0 Å². The topological polar surface area (TPSA) is 24.4 Å². The van der Waals surface area contributed by atoms with Gasteiger partial charge in [-0.3, -0.25) is 5.43 Å². The highest BCUT2D eigenvalue weighted by Crippen LogP contribution is 1.82. The van der Waals surface area contributed by atoms with Crippen LogP contribution in [0.1, 0.15) is 6.42 Å². The Bertz CT molecular complexity index is 42.9. The first-order chi connectivity index (χ1) is 2.50. The van der Waals surface area contributed by atoms with Gasteiger partial charge in [0.05, 0.1) is 6.21 Å². The Morgan fingerprint density at radius 2 is 2.80 bits per heavy atom. The summed E-state index contributed by atoms with van der Waals surface area (Å²) in [6.07, 6.45) is 3.35. The number of nitrogens with one attached hydrogen (secondary N) is 1. The molecule has 2 nitrogen and oxygen atoms in total. The van der Waals surface area contributed by atoms with Crippen molar-refractivity contribution in [1.82, 2.24) is 5.43 Å². The van der Waals surface area contributed by atoms with E-state index in [1.165, 1.54) is 0 Å². The average Bonchev–Trinajstić information content (AvgIpc) is 1.76. The number of rotatable bonds is 0. The van der Waals surface area contributed by atoms with Gasteiger partial charge >= 0.3 is 0 Å². The lowest BCUT2D eigenvalue weighted by Gasteiger charge is -1.73. The average molecular weight is 67.1 g/mol. The molecule has 0 aromatic carbocycles. The van der Waals surface area contributed by atoms with Crippen LogP contribution in [0.4, 0.5) is 0 Å². The van der Waals surface area contributed by atoms with Crippen molar-refractivity contribution in [2.75, 3.05) is 0 Å². The van der Waals surface area contributed by atoms with Crippen molar-refractivity contribution in [2.45, 2.75) is 6.42 Å². The maximum atomic E-state index is 3.47. The fourth-order valence-corrected chi connectivity index (χ4v) is 0.198. The molecule has 0 amide bonds. The SMILES string of the molecule is [C]1C[C]=NN1. The molecule has 2 heteroatoms. The minimum Gasteiger partial charge on any atom is -0.298 e. The highest BCUT2D eigenvalue weighted by molar-refractivity contribution is 5.60. The van der Waals surface area contributed by atoms with Crippen LogP contribution in [0.2, 0.25) is 0 Å². The van der Waals surface area contributed by atoms with E-state index in [1.807, 2.05) is 0 Å². The lowest BCUT2D eigenvalue weighted by molar-refractivity contribution is 0.918. The molecule has 1 N–H and O–H groups in total. The van der Waals surface area contributed by atoms with E-state index in [4.69, 9.17) is 0 Å². The van der Waals surface area contributed by atoms with Crippen molar-refractivity contribution < 1.29 is 0 Å². The molecule has 25 valence electrons.